The monoisotopic (exact) mass is 925 g/mol. The van der Waals surface area contributed by atoms with Gasteiger partial charge in [0, 0.05) is 19.3 Å². The van der Waals surface area contributed by atoms with E-state index in [1.807, 2.05) is 0 Å². The topological polar surface area (TPSA) is 78.9 Å². The number of carbonyl (C=O) groups is 3. The highest BCUT2D eigenvalue weighted by molar-refractivity contribution is 5.71. The molecule has 0 fully saturated rings. The fourth-order valence-electron chi connectivity index (χ4n) is 8.32. The molecule has 384 valence electrons. The number of carbonyl (C=O) groups excluding carboxylic acids is 3. The van der Waals surface area contributed by atoms with Crippen molar-refractivity contribution in [1.29, 1.82) is 0 Å². The summed E-state index contributed by atoms with van der Waals surface area (Å²) < 4.78 is 16.8. The van der Waals surface area contributed by atoms with Crippen LogP contribution in [0.3, 0.4) is 0 Å². The van der Waals surface area contributed by atoms with Crippen molar-refractivity contribution in [1.82, 2.24) is 0 Å². The fraction of sp³-hybridized carbons (Fsp3) is 0.817. The average Bonchev–Trinajstić information content (AvgIpc) is 3.31. The number of unbranched alkanes of at least 4 members (excludes halogenated alkanes) is 33. The first-order chi connectivity index (χ1) is 32.5. The van der Waals surface area contributed by atoms with E-state index in [2.05, 4.69) is 69.4 Å². The van der Waals surface area contributed by atoms with Gasteiger partial charge in [-0.1, -0.05) is 268 Å². The van der Waals surface area contributed by atoms with E-state index < -0.39 is 6.10 Å². The molecule has 0 aliphatic rings. The number of esters is 3. The van der Waals surface area contributed by atoms with Crippen LogP contribution < -0.4 is 0 Å². The predicted molar refractivity (Wildman–Crippen MR) is 284 cm³/mol. The molecule has 0 aliphatic heterocycles. The van der Waals surface area contributed by atoms with Crippen LogP contribution in [-0.2, 0) is 28.6 Å². The molecular formula is C60H108O6. The molecule has 0 bridgehead atoms. The van der Waals surface area contributed by atoms with Gasteiger partial charge in [0.2, 0.25) is 0 Å². The third kappa shape index (κ3) is 52.3. The maximum absolute atomic E-state index is 12.8. The van der Waals surface area contributed by atoms with Crippen LogP contribution in [0.2, 0.25) is 0 Å². The van der Waals surface area contributed by atoms with E-state index in [0.717, 1.165) is 83.5 Å². The van der Waals surface area contributed by atoms with Gasteiger partial charge >= 0.3 is 17.9 Å². The van der Waals surface area contributed by atoms with Crippen LogP contribution in [0.15, 0.2) is 48.6 Å². The Balaban J connectivity index is 4.19. The Morgan fingerprint density at radius 3 is 0.924 bits per heavy atom. The fourth-order valence-corrected chi connectivity index (χ4v) is 8.32. The molecule has 0 aliphatic carbocycles. The van der Waals surface area contributed by atoms with Gasteiger partial charge in [-0.05, 0) is 57.8 Å². The summed E-state index contributed by atoms with van der Waals surface area (Å²) in [7, 11) is 0. The molecule has 0 aromatic carbocycles. The minimum absolute atomic E-state index is 0.0686. The number of ether oxygens (including phenoxy) is 3. The van der Waals surface area contributed by atoms with E-state index in [1.165, 1.54) is 173 Å². The van der Waals surface area contributed by atoms with E-state index in [-0.39, 0.29) is 31.1 Å². The number of hydrogen-bond acceptors (Lipinski definition) is 6. The minimum atomic E-state index is -0.767. The molecule has 6 heteroatoms. The number of allylic oxidation sites excluding steroid dienone is 8. The van der Waals surface area contributed by atoms with Gasteiger partial charge in [-0.3, -0.25) is 14.4 Å². The first-order valence-corrected chi connectivity index (χ1v) is 28.6. The lowest BCUT2D eigenvalue weighted by molar-refractivity contribution is -0.167. The number of rotatable bonds is 52. The minimum Gasteiger partial charge on any atom is -0.462 e. The summed E-state index contributed by atoms with van der Waals surface area (Å²) in [5.74, 6) is -0.858. The van der Waals surface area contributed by atoms with Gasteiger partial charge in [0.05, 0.1) is 0 Å². The van der Waals surface area contributed by atoms with Crippen molar-refractivity contribution in [3.8, 4) is 0 Å². The Bertz CT molecular complexity index is 1150. The molecule has 0 aromatic rings. The van der Waals surface area contributed by atoms with Gasteiger partial charge < -0.3 is 14.2 Å². The van der Waals surface area contributed by atoms with E-state index >= 15 is 0 Å². The van der Waals surface area contributed by atoms with Crippen LogP contribution >= 0.6 is 0 Å². The summed E-state index contributed by atoms with van der Waals surface area (Å²) in [6.45, 7) is 6.54. The molecule has 0 saturated carbocycles. The molecule has 1 unspecified atom stereocenters. The Labute approximate surface area is 409 Å². The highest BCUT2D eigenvalue weighted by Gasteiger charge is 2.19. The first kappa shape index (κ1) is 63.4. The Morgan fingerprint density at radius 1 is 0.318 bits per heavy atom. The predicted octanol–water partition coefficient (Wildman–Crippen LogP) is 19.0. The van der Waals surface area contributed by atoms with E-state index in [1.54, 1.807) is 0 Å². The summed E-state index contributed by atoms with van der Waals surface area (Å²) in [6, 6.07) is 0. The zero-order valence-electron chi connectivity index (χ0n) is 44.0. The standard InChI is InChI=1S/C60H108O6/c1-4-7-10-13-16-19-22-24-25-26-27-28-29-30-31-32-33-34-35-37-38-41-44-47-50-53-59(62)65-56-57(55-64-58(61)52-49-46-43-40-21-18-15-12-9-6-3)66-60(63)54-51-48-45-42-39-36-23-20-17-14-11-8-5-2/h7,10,16,19,24-25,27-28,57H,4-6,8-9,11-15,17-18,20-23,26,29-56H2,1-3H3/b10-7-,19-16-,25-24-,28-27-. The largest absolute Gasteiger partial charge is 0.462 e. The second-order valence-corrected chi connectivity index (χ2v) is 19.2. The molecule has 0 radical (unpaired) electrons. The zero-order valence-corrected chi connectivity index (χ0v) is 44.0. The van der Waals surface area contributed by atoms with Crippen molar-refractivity contribution in [2.45, 2.75) is 303 Å². The SMILES string of the molecule is CC/C=C\C/C=C\C/C=C\C/C=C\CCCCCCCCCCCCCCC(=O)OCC(COC(=O)CCCCCCCCCCCC)OC(=O)CCCCCCCCCCCCCCC. The summed E-state index contributed by atoms with van der Waals surface area (Å²) in [6.07, 6.45) is 66.8. The van der Waals surface area contributed by atoms with E-state index in [4.69, 9.17) is 14.2 Å². The van der Waals surface area contributed by atoms with E-state index in [0.29, 0.717) is 19.3 Å². The molecule has 0 aromatic heterocycles. The van der Waals surface area contributed by atoms with Crippen molar-refractivity contribution >= 4 is 17.9 Å². The Kier molecular flexibility index (Phi) is 52.8. The molecule has 0 amide bonds. The van der Waals surface area contributed by atoms with Gasteiger partial charge in [-0.2, -0.15) is 0 Å². The van der Waals surface area contributed by atoms with Crippen LogP contribution in [0.1, 0.15) is 297 Å². The van der Waals surface area contributed by atoms with Crippen LogP contribution in [-0.4, -0.2) is 37.2 Å². The lowest BCUT2D eigenvalue weighted by atomic mass is 10.0. The normalized spacial score (nSPS) is 12.3. The number of hydrogen-bond donors (Lipinski definition) is 0. The molecule has 66 heavy (non-hydrogen) atoms. The zero-order chi connectivity index (χ0) is 47.9. The van der Waals surface area contributed by atoms with Gasteiger partial charge in [0.25, 0.3) is 0 Å². The maximum atomic E-state index is 12.8. The maximum Gasteiger partial charge on any atom is 0.306 e. The van der Waals surface area contributed by atoms with Crippen molar-refractivity contribution in [2.24, 2.45) is 0 Å². The summed E-state index contributed by atoms with van der Waals surface area (Å²) in [4.78, 5) is 38.0. The third-order valence-corrected chi connectivity index (χ3v) is 12.6. The lowest BCUT2D eigenvalue weighted by Crippen LogP contribution is -2.30. The molecule has 1 atom stereocenters. The Hall–Kier alpha value is -2.63. The van der Waals surface area contributed by atoms with Crippen molar-refractivity contribution < 1.29 is 28.6 Å². The van der Waals surface area contributed by atoms with Gasteiger partial charge in [0.1, 0.15) is 13.2 Å². The summed E-state index contributed by atoms with van der Waals surface area (Å²) in [5, 5.41) is 0. The van der Waals surface area contributed by atoms with Crippen LogP contribution in [0, 0.1) is 0 Å². The molecule has 0 spiro atoms. The van der Waals surface area contributed by atoms with Crippen molar-refractivity contribution in [3.63, 3.8) is 0 Å². The molecule has 0 heterocycles. The van der Waals surface area contributed by atoms with Crippen LogP contribution in [0.25, 0.3) is 0 Å². The molecule has 0 N–H and O–H groups in total. The van der Waals surface area contributed by atoms with E-state index in [9.17, 15) is 14.4 Å². The quantitative estimate of drug-likeness (QED) is 0.0262. The van der Waals surface area contributed by atoms with Gasteiger partial charge in [-0.15, -0.1) is 0 Å². The Morgan fingerprint density at radius 2 is 0.591 bits per heavy atom. The van der Waals surface area contributed by atoms with Gasteiger partial charge in [0.15, 0.2) is 6.10 Å². The lowest BCUT2D eigenvalue weighted by Gasteiger charge is -2.18. The molecule has 6 nitrogen and oxygen atoms in total. The molecular weight excluding hydrogens is 817 g/mol. The van der Waals surface area contributed by atoms with Gasteiger partial charge in [-0.25, -0.2) is 0 Å². The summed E-state index contributed by atoms with van der Waals surface area (Å²) >= 11 is 0. The average molecular weight is 926 g/mol. The molecule has 0 saturated heterocycles. The second kappa shape index (κ2) is 55.0. The second-order valence-electron chi connectivity index (χ2n) is 19.2. The summed E-state index contributed by atoms with van der Waals surface area (Å²) in [5.41, 5.74) is 0. The highest BCUT2D eigenvalue weighted by atomic mass is 16.6. The first-order valence-electron chi connectivity index (χ1n) is 28.6. The van der Waals surface area contributed by atoms with Crippen LogP contribution in [0.5, 0.6) is 0 Å². The highest BCUT2D eigenvalue weighted by Crippen LogP contribution is 2.16. The van der Waals surface area contributed by atoms with Crippen molar-refractivity contribution in [3.05, 3.63) is 48.6 Å². The molecule has 0 rings (SSSR count). The smallest absolute Gasteiger partial charge is 0.306 e. The van der Waals surface area contributed by atoms with Crippen LogP contribution in [0.4, 0.5) is 0 Å². The third-order valence-electron chi connectivity index (χ3n) is 12.6. The van der Waals surface area contributed by atoms with Crippen molar-refractivity contribution in [2.75, 3.05) is 13.2 Å².